The molecule has 0 aromatic carbocycles. The number of aliphatic hydroxyl groups is 1. The first kappa shape index (κ1) is 16.4. The lowest BCUT2D eigenvalue weighted by Gasteiger charge is -2.47. The maximum absolute atomic E-state index is 12.3. The van der Waals surface area contributed by atoms with Crippen LogP contribution in [0.1, 0.15) is 19.3 Å². The highest BCUT2D eigenvalue weighted by Crippen LogP contribution is 2.40. The Hall–Kier alpha value is -1.45. The van der Waals surface area contributed by atoms with Gasteiger partial charge in [0, 0.05) is 32.0 Å². The quantitative estimate of drug-likeness (QED) is 0.781. The minimum Gasteiger partial charge on any atom is -0.389 e. The first-order valence-corrected chi connectivity index (χ1v) is 9.57. The van der Waals surface area contributed by atoms with Crippen LogP contribution in [0.3, 0.4) is 0 Å². The number of sulfonamides is 1. The van der Waals surface area contributed by atoms with Crippen LogP contribution in [0.25, 0.3) is 0 Å². The molecule has 0 radical (unpaired) electrons. The summed E-state index contributed by atoms with van der Waals surface area (Å²) in [5, 5.41) is 10.6. The molecule has 2 saturated heterocycles. The Bertz CT molecular complexity index is 675. The second-order valence-corrected chi connectivity index (χ2v) is 8.29. The number of piperidine rings is 1. The number of carbonyl (C=O) groups is 1. The molecule has 1 aromatic heterocycles. The van der Waals surface area contributed by atoms with E-state index in [1.165, 1.54) is 10.6 Å². The van der Waals surface area contributed by atoms with E-state index in [1.54, 1.807) is 28.2 Å². The Balaban J connectivity index is 1.71. The van der Waals surface area contributed by atoms with Crippen LogP contribution in [-0.2, 0) is 21.4 Å². The molecule has 128 valence electrons. The van der Waals surface area contributed by atoms with Crippen LogP contribution in [0.4, 0.5) is 0 Å². The van der Waals surface area contributed by atoms with Crippen molar-refractivity contribution in [1.82, 2.24) is 18.8 Å². The van der Waals surface area contributed by atoms with Gasteiger partial charge in [-0.05, 0) is 19.3 Å². The van der Waals surface area contributed by atoms with Gasteiger partial charge in [0.1, 0.15) is 6.54 Å². The zero-order chi connectivity index (χ0) is 16.7. The second kappa shape index (κ2) is 5.88. The highest BCUT2D eigenvalue weighted by molar-refractivity contribution is 7.88. The average Bonchev–Trinajstić information content (AvgIpc) is 3.11. The van der Waals surface area contributed by atoms with Gasteiger partial charge in [-0.2, -0.15) is 4.31 Å². The molecule has 8 nitrogen and oxygen atoms in total. The van der Waals surface area contributed by atoms with Crippen LogP contribution in [-0.4, -0.2) is 75.7 Å². The lowest BCUT2D eigenvalue weighted by atomic mass is 9.83. The van der Waals surface area contributed by atoms with Crippen LogP contribution in [0.2, 0.25) is 0 Å². The van der Waals surface area contributed by atoms with Crippen molar-refractivity contribution in [3.05, 3.63) is 18.7 Å². The minimum absolute atomic E-state index is 0.0965. The predicted octanol–water partition coefficient (Wildman–Crippen LogP) is -0.729. The third-order valence-corrected chi connectivity index (χ3v) is 6.27. The molecule has 3 rings (SSSR count). The molecule has 2 fully saturated rings. The summed E-state index contributed by atoms with van der Waals surface area (Å²) in [6.45, 7) is 1.24. The molecule has 0 bridgehead atoms. The number of β-amino-alcohol motifs (C(OH)–C–C–N with tert-alkyl or cyclic N) is 1. The Morgan fingerprint density at radius 1 is 1.39 bits per heavy atom. The van der Waals surface area contributed by atoms with Crippen molar-refractivity contribution in [3.63, 3.8) is 0 Å². The van der Waals surface area contributed by atoms with E-state index in [1.807, 2.05) is 0 Å². The van der Waals surface area contributed by atoms with Gasteiger partial charge in [-0.1, -0.05) is 0 Å². The largest absolute Gasteiger partial charge is 0.389 e. The highest BCUT2D eigenvalue weighted by atomic mass is 32.2. The van der Waals surface area contributed by atoms with E-state index in [0.29, 0.717) is 25.9 Å². The van der Waals surface area contributed by atoms with Gasteiger partial charge in [-0.25, -0.2) is 13.4 Å². The molecular weight excluding hydrogens is 320 g/mol. The zero-order valence-electron chi connectivity index (χ0n) is 13.1. The summed E-state index contributed by atoms with van der Waals surface area (Å²) in [5.41, 5.74) is -0.751. The fraction of sp³-hybridized carbons (Fsp3) is 0.714. The molecule has 3 heterocycles. The van der Waals surface area contributed by atoms with E-state index in [9.17, 15) is 18.3 Å². The summed E-state index contributed by atoms with van der Waals surface area (Å²) in [4.78, 5) is 17.8. The number of hydrogen-bond donors (Lipinski definition) is 1. The molecule has 0 aliphatic carbocycles. The highest BCUT2D eigenvalue weighted by Gasteiger charge is 2.53. The molecule has 1 amide bonds. The SMILES string of the molecule is CS(=O)(=O)N1CCC[C@@]12CCN(C(=O)Cn1ccnc1)C[C@@H]2O. The van der Waals surface area contributed by atoms with Gasteiger partial charge in [0.05, 0.1) is 24.2 Å². The van der Waals surface area contributed by atoms with E-state index in [4.69, 9.17) is 0 Å². The molecule has 1 N–H and O–H groups in total. The maximum atomic E-state index is 12.3. The van der Waals surface area contributed by atoms with Crippen molar-refractivity contribution >= 4 is 15.9 Å². The predicted molar refractivity (Wildman–Crippen MR) is 82.9 cm³/mol. The van der Waals surface area contributed by atoms with Gasteiger partial charge >= 0.3 is 0 Å². The molecule has 2 aliphatic rings. The van der Waals surface area contributed by atoms with Crippen LogP contribution in [0.5, 0.6) is 0 Å². The normalized spacial score (nSPS) is 29.3. The molecule has 1 spiro atoms. The van der Waals surface area contributed by atoms with Crippen molar-refractivity contribution in [3.8, 4) is 0 Å². The van der Waals surface area contributed by atoms with Gasteiger partial charge in [0.2, 0.25) is 15.9 Å². The van der Waals surface area contributed by atoms with Crippen LogP contribution in [0, 0.1) is 0 Å². The van der Waals surface area contributed by atoms with Crippen molar-refractivity contribution in [2.24, 2.45) is 0 Å². The van der Waals surface area contributed by atoms with E-state index in [-0.39, 0.29) is 19.0 Å². The molecule has 1 aromatic rings. The molecule has 2 atom stereocenters. The molecule has 0 saturated carbocycles. The van der Waals surface area contributed by atoms with Gasteiger partial charge in [0.15, 0.2) is 0 Å². The second-order valence-electron chi connectivity index (χ2n) is 6.38. The maximum Gasteiger partial charge on any atom is 0.242 e. The zero-order valence-corrected chi connectivity index (χ0v) is 13.9. The summed E-state index contributed by atoms with van der Waals surface area (Å²) in [6.07, 6.45) is 7.07. The van der Waals surface area contributed by atoms with Crippen LogP contribution < -0.4 is 0 Å². The van der Waals surface area contributed by atoms with Gasteiger partial charge < -0.3 is 14.6 Å². The fourth-order valence-corrected chi connectivity index (χ4v) is 5.21. The Labute approximate surface area is 135 Å². The summed E-state index contributed by atoms with van der Waals surface area (Å²) >= 11 is 0. The van der Waals surface area contributed by atoms with E-state index < -0.39 is 21.7 Å². The summed E-state index contributed by atoms with van der Waals surface area (Å²) in [5.74, 6) is -0.0965. The van der Waals surface area contributed by atoms with Crippen LogP contribution in [0.15, 0.2) is 18.7 Å². The summed E-state index contributed by atoms with van der Waals surface area (Å²) in [6, 6.07) is 0. The molecule has 23 heavy (non-hydrogen) atoms. The lowest BCUT2D eigenvalue weighted by molar-refractivity contribution is -0.138. The van der Waals surface area contributed by atoms with Gasteiger partial charge in [-0.3, -0.25) is 4.79 Å². The number of imidazole rings is 1. The Morgan fingerprint density at radius 3 is 2.78 bits per heavy atom. The minimum atomic E-state index is -3.36. The fourth-order valence-electron chi connectivity index (χ4n) is 3.78. The number of amides is 1. The summed E-state index contributed by atoms with van der Waals surface area (Å²) in [7, 11) is -3.36. The third kappa shape index (κ3) is 3.00. The molecular formula is C14H22N4O4S. The first-order valence-electron chi connectivity index (χ1n) is 7.72. The van der Waals surface area contributed by atoms with Gasteiger partial charge in [0.25, 0.3) is 0 Å². The Morgan fingerprint density at radius 2 is 2.17 bits per heavy atom. The van der Waals surface area contributed by atoms with E-state index in [0.717, 1.165) is 6.42 Å². The van der Waals surface area contributed by atoms with Crippen molar-refractivity contribution in [2.75, 3.05) is 25.9 Å². The average molecular weight is 342 g/mol. The number of nitrogens with zero attached hydrogens (tertiary/aromatic N) is 4. The molecule has 9 heteroatoms. The monoisotopic (exact) mass is 342 g/mol. The third-order valence-electron chi connectivity index (χ3n) is 4.93. The number of rotatable bonds is 3. The Kier molecular flexibility index (Phi) is 4.19. The lowest BCUT2D eigenvalue weighted by Crippen LogP contribution is -2.63. The number of aromatic nitrogens is 2. The number of hydrogen-bond acceptors (Lipinski definition) is 5. The number of aliphatic hydroxyl groups excluding tert-OH is 1. The molecule has 0 unspecified atom stereocenters. The number of carbonyl (C=O) groups excluding carboxylic acids is 1. The topological polar surface area (TPSA) is 95.7 Å². The van der Waals surface area contributed by atoms with Crippen molar-refractivity contribution in [2.45, 2.75) is 37.5 Å². The number of likely N-dealkylation sites (tertiary alicyclic amines) is 1. The van der Waals surface area contributed by atoms with E-state index >= 15 is 0 Å². The first-order chi connectivity index (χ1) is 10.8. The smallest absolute Gasteiger partial charge is 0.242 e. The van der Waals surface area contributed by atoms with E-state index in [2.05, 4.69) is 4.98 Å². The van der Waals surface area contributed by atoms with Crippen molar-refractivity contribution in [1.29, 1.82) is 0 Å². The van der Waals surface area contributed by atoms with Crippen LogP contribution >= 0.6 is 0 Å². The van der Waals surface area contributed by atoms with Crippen molar-refractivity contribution < 1.29 is 18.3 Å². The summed E-state index contributed by atoms with van der Waals surface area (Å²) < 4.78 is 27.1. The van der Waals surface area contributed by atoms with Gasteiger partial charge in [-0.15, -0.1) is 0 Å². The molecule has 2 aliphatic heterocycles. The standard InChI is InChI=1S/C14H22N4O4S/c1-23(21,22)18-6-2-3-14(18)4-7-17(9-12(14)19)13(20)10-16-8-5-15-11-16/h5,8,11-12,19H,2-4,6-7,9-10H2,1H3/t12-,14-/m0/s1.